The van der Waals surface area contributed by atoms with Crippen molar-refractivity contribution in [1.29, 1.82) is 0 Å². The van der Waals surface area contributed by atoms with Crippen LogP contribution in [0.2, 0.25) is 5.02 Å². The molecular weight excluding hydrogens is 276 g/mol. The third-order valence-corrected chi connectivity index (χ3v) is 3.89. The molecule has 0 radical (unpaired) electrons. The van der Waals surface area contributed by atoms with Crippen LogP contribution in [0.4, 0.5) is 5.69 Å². The highest BCUT2D eigenvalue weighted by molar-refractivity contribution is 6.32. The van der Waals surface area contributed by atoms with Crippen LogP contribution in [0.15, 0.2) is 18.2 Å². The van der Waals surface area contributed by atoms with Gasteiger partial charge in [-0.05, 0) is 31.9 Å². The number of hydrogen-bond donors (Lipinski definition) is 2. The van der Waals surface area contributed by atoms with E-state index in [1.54, 1.807) is 25.1 Å². The molecule has 1 saturated carbocycles. The number of anilines is 1. The largest absolute Gasteiger partial charge is 0.479 e. The van der Waals surface area contributed by atoms with E-state index in [-0.39, 0.29) is 11.9 Å². The molecule has 3 N–H and O–H groups in total. The van der Waals surface area contributed by atoms with Crippen molar-refractivity contribution in [2.75, 3.05) is 5.73 Å². The van der Waals surface area contributed by atoms with Gasteiger partial charge in [-0.25, -0.2) is 0 Å². The molecule has 0 aliphatic heterocycles. The molecule has 1 fully saturated rings. The Morgan fingerprint density at radius 3 is 2.80 bits per heavy atom. The van der Waals surface area contributed by atoms with Gasteiger partial charge in [0.1, 0.15) is 5.75 Å². The minimum Gasteiger partial charge on any atom is -0.479 e. The van der Waals surface area contributed by atoms with Crippen LogP contribution in [-0.2, 0) is 4.79 Å². The van der Waals surface area contributed by atoms with Crippen molar-refractivity contribution in [3.63, 3.8) is 0 Å². The Morgan fingerprint density at radius 2 is 2.10 bits per heavy atom. The molecule has 0 spiro atoms. The standard InChI is InChI=1S/C15H21ClN2O2/c1-10(15(19)18-12-5-3-2-4-6-12)20-14-9-11(17)7-8-13(14)16/h7-10,12H,2-6,17H2,1H3,(H,18,19). The number of nitrogen functional groups attached to an aromatic ring is 1. The summed E-state index contributed by atoms with van der Waals surface area (Å²) in [5.74, 6) is 0.341. The molecular formula is C15H21ClN2O2. The quantitative estimate of drug-likeness (QED) is 0.839. The Bertz CT molecular complexity index is 473. The van der Waals surface area contributed by atoms with Crippen LogP contribution in [0.25, 0.3) is 0 Å². The topological polar surface area (TPSA) is 64.3 Å². The summed E-state index contributed by atoms with van der Waals surface area (Å²) in [5.41, 5.74) is 6.25. The van der Waals surface area contributed by atoms with E-state index < -0.39 is 6.10 Å². The number of rotatable bonds is 4. The number of hydrogen-bond acceptors (Lipinski definition) is 3. The summed E-state index contributed by atoms with van der Waals surface area (Å²) in [4.78, 5) is 12.1. The fourth-order valence-corrected chi connectivity index (χ4v) is 2.58. The highest BCUT2D eigenvalue weighted by atomic mass is 35.5. The van der Waals surface area contributed by atoms with Crippen LogP contribution in [0, 0.1) is 0 Å². The van der Waals surface area contributed by atoms with E-state index in [1.165, 1.54) is 19.3 Å². The molecule has 1 aliphatic rings. The maximum atomic E-state index is 12.1. The van der Waals surface area contributed by atoms with Gasteiger partial charge < -0.3 is 15.8 Å². The maximum absolute atomic E-state index is 12.1. The maximum Gasteiger partial charge on any atom is 0.260 e. The number of carbonyl (C=O) groups is 1. The molecule has 1 aromatic carbocycles. The molecule has 20 heavy (non-hydrogen) atoms. The van der Waals surface area contributed by atoms with Gasteiger partial charge in [0, 0.05) is 17.8 Å². The van der Waals surface area contributed by atoms with Crippen molar-refractivity contribution >= 4 is 23.2 Å². The first-order chi connectivity index (χ1) is 9.56. The molecule has 1 aromatic rings. The van der Waals surface area contributed by atoms with Gasteiger partial charge in [0.05, 0.1) is 5.02 Å². The summed E-state index contributed by atoms with van der Waals surface area (Å²) in [5, 5.41) is 3.49. The summed E-state index contributed by atoms with van der Waals surface area (Å²) >= 11 is 6.02. The van der Waals surface area contributed by atoms with Crippen molar-refractivity contribution in [3.8, 4) is 5.75 Å². The molecule has 0 heterocycles. The van der Waals surface area contributed by atoms with E-state index in [1.807, 2.05) is 0 Å². The minimum absolute atomic E-state index is 0.101. The van der Waals surface area contributed by atoms with Crippen molar-refractivity contribution < 1.29 is 9.53 Å². The lowest BCUT2D eigenvalue weighted by molar-refractivity contribution is -0.128. The molecule has 110 valence electrons. The first-order valence-corrected chi connectivity index (χ1v) is 7.46. The molecule has 0 saturated heterocycles. The van der Waals surface area contributed by atoms with Crippen LogP contribution in [0.5, 0.6) is 5.75 Å². The lowest BCUT2D eigenvalue weighted by Gasteiger charge is -2.24. The molecule has 2 rings (SSSR count). The zero-order valence-electron chi connectivity index (χ0n) is 11.7. The van der Waals surface area contributed by atoms with Crippen molar-refractivity contribution in [2.45, 2.75) is 51.2 Å². The number of amides is 1. The second-order valence-corrected chi connectivity index (χ2v) is 5.70. The fourth-order valence-electron chi connectivity index (χ4n) is 2.42. The molecule has 0 bridgehead atoms. The van der Waals surface area contributed by atoms with Crippen molar-refractivity contribution in [2.24, 2.45) is 0 Å². The lowest BCUT2D eigenvalue weighted by atomic mass is 9.95. The average Bonchev–Trinajstić information content (AvgIpc) is 2.44. The first kappa shape index (κ1) is 15.0. The molecule has 5 heteroatoms. The Balaban J connectivity index is 1.91. The summed E-state index contributed by atoms with van der Waals surface area (Å²) in [6.07, 6.45) is 5.14. The monoisotopic (exact) mass is 296 g/mol. The van der Waals surface area contributed by atoms with Gasteiger partial charge >= 0.3 is 0 Å². The van der Waals surface area contributed by atoms with Crippen LogP contribution >= 0.6 is 11.6 Å². The van der Waals surface area contributed by atoms with Gasteiger partial charge in [-0.2, -0.15) is 0 Å². The highest BCUT2D eigenvalue weighted by Gasteiger charge is 2.21. The zero-order chi connectivity index (χ0) is 14.5. The minimum atomic E-state index is -0.587. The second-order valence-electron chi connectivity index (χ2n) is 5.29. The van der Waals surface area contributed by atoms with Crippen LogP contribution in [0.3, 0.4) is 0 Å². The van der Waals surface area contributed by atoms with E-state index in [0.29, 0.717) is 16.5 Å². The lowest BCUT2D eigenvalue weighted by Crippen LogP contribution is -2.43. The van der Waals surface area contributed by atoms with Gasteiger partial charge in [-0.1, -0.05) is 30.9 Å². The van der Waals surface area contributed by atoms with Crippen LogP contribution in [-0.4, -0.2) is 18.1 Å². The third-order valence-electron chi connectivity index (χ3n) is 3.58. The Morgan fingerprint density at radius 1 is 1.40 bits per heavy atom. The van der Waals surface area contributed by atoms with E-state index in [2.05, 4.69) is 5.32 Å². The molecule has 1 unspecified atom stereocenters. The number of nitrogens with one attached hydrogen (secondary N) is 1. The van der Waals surface area contributed by atoms with E-state index in [4.69, 9.17) is 22.1 Å². The SMILES string of the molecule is CC(Oc1cc(N)ccc1Cl)C(=O)NC1CCCCC1. The average molecular weight is 297 g/mol. The molecule has 1 aliphatic carbocycles. The van der Waals surface area contributed by atoms with E-state index in [0.717, 1.165) is 12.8 Å². The molecule has 1 atom stereocenters. The third kappa shape index (κ3) is 4.04. The molecule has 1 amide bonds. The molecule has 0 aromatic heterocycles. The van der Waals surface area contributed by atoms with E-state index >= 15 is 0 Å². The van der Waals surface area contributed by atoms with Crippen LogP contribution < -0.4 is 15.8 Å². The number of carbonyl (C=O) groups excluding carboxylic acids is 1. The van der Waals surface area contributed by atoms with Gasteiger partial charge in [-0.15, -0.1) is 0 Å². The summed E-state index contributed by atoms with van der Waals surface area (Å²) in [6.45, 7) is 1.72. The fraction of sp³-hybridized carbons (Fsp3) is 0.533. The Kier molecular flexibility index (Phi) is 5.12. The smallest absolute Gasteiger partial charge is 0.260 e. The predicted octanol–water partition coefficient (Wildman–Crippen LogP) is 3.14. The van der Waals surface area contributed by atoms with Gasteiger partial charge in [0.25, 0.3) is 5.91 Å². The Labute approximate surface area is 124 Å². The first-order valence-electron chi connectivity index (χ1n) is 7.08. The normalized spacial score (nSPS) is 17.5. The van der Waals surface area contributed by atoms with Crippen LogP contribution in [0.1, 0.15) is 39.0 Å². The predicted molar refractivity (Wildman–Crippen MR) is 81.0 cm³/mol. The van der Waals surface area contributed by atoms with Gasteiger partial charge in [-0.3, -0.25) is 4.79 Å². The number of halogens is 1. The summed E-state index contributed by atoms with van der Waals surface area (Å²) < 4.78 is 5.61. The van der Waals surface area contributed by atoms with Gasteiger partial charge in [0.15, 0.2) is 6.10 Å². The van der Waals surface area contributed by atoms with Gasteiger partial charge in [0.2, 0.25) is 0 Å². The van der Waals surface area contributed by atoms with Crippen molar-refractivity contribution in [3.05, 3.63) is 23.2 Å². The van der Waals surface area contributed by atoms with E-state index in [9.17, 15) is 4.79 Å². The number of nitrogens with two attached hydrogens (primary N) is 1. The molecule has 4 nitrogen and oxygen atoms in total. The summed E-state index contributed by atoms with van der Waals surface area (Å²) in [7, 11) is 0. The zero-order valence-corrected chi connectivity index (χ0v) is 12.5. The Hall–Kier alpha value is -1.42. The number of benzene rings is 1. The van der Waals surface area contributed by atoms with Crippen molar-refractivity contribution in [1.82, 2.24) is 5.32 Å². The highest BCUT2D eigenvalue weighted by Crippen LogP contribution is 2.27. The second kappa shape index (κ2) is 6.84. The summed E-state index contributed by atoms with van der Waals surface area (Å²) in [6, 6.07) is 5.27. The number of ether oxygens (including phenoxy) is 1.